The molecule has 0 atom stereocenters. The van der Waals surface area contributed by atoms with Gasteiger partial charge in [0.25, 0.3) is 0 Å². The first-order chi connectivity index (χ1) is 5.55. The molecule has 62 valence electrons. The maximum absolute atomic E-state index is 12.2. The SMILES string of the molecule is FC(F)(F)c1cccc[c]1[Hg][Cl]. The van der Waals surface area contributed by atoms with Crippen LogP contribution < -0.4 is 3.07 Å². The van der Waals surface area contributed by atoms with Crippen molar-refractivity contribution in [3.63, 3.8) is 0 Å². The first kappa shape index (κ1) is 10.3. The van der Waals surface area contributed by atoms with Gasteiger partial charge in [-0.3, -0.25) is 0 Å². The molecule has 0 aliphatic heterocycles. The summed E-state index contributed by atoms with van der Waals surface area (Å²) in [6.45, 7) is 0. The van der Waals surface area contributed by atoms with Crippen LogP contribution in [0.5, 0.6) is 0 Å². The van der Waals surface area contributed by atoms with Crippen molar-refractivity contribution in [2.75, 3.05) is 0 Å². The van der Waals surface area contributed by atoms with Gasteiger partial charge in [-0.15, -0.1) is 0 Å². The second kappa shape index (κ2) is 3.96. The van der Waals surface area contributed by atoms with E-state index in [1.54, 1.807) is 6.07 Å². The van der Waals surface area contributed by atoms with Crippen LogP contribution >= 0.6 is 8.25 Å². The Morgan fingerprint density at radius 2 is 1.75 bits per heavy atom. The summed E-state index contributed by atoms with van der Waals surface area (Å²) < 4.78 is 37.0. The summed E-state index contributed by atoms with van der Waals surface area (Å²) >= 11 is -1.96. The van der Waals surface area contributed by atoms with Crippen molar-refractivity contribution in [2.24, 2.45) is 0 Å². The van der Waals surface area contributed by atoms with Gasteiger partial charge in [-0.1, -0.05) is 0 Å². The molecule has 0 fully saturated rings. The third-order valence-electron chi connectivity index (χ3n) is 1.47. The van der Waals surface area contributed by atoms with E-state index in [2.05, 4.69) is 0 Å². The van der Waals surface area contributed by atoms with Gasteiger partial charge in [0.2, 0.25) is 0 Å². The first-order valence-electron chi connectivity index (χ1n) is 3.27. The zero-order valence-electron chi connectivity index (χ0n) is 6.03. The summed E-state index contributed by atoms with van der Waals surface area (Å²) in [4.78, 5) is 0. The quantitative estimate of drug-likeness (QED) is 0.657. The number of benzene rings is 1. The first-order valence-corrected chi connectivity index (χ1v) is 12.8. The molecular formula is C7H4ClF3Hg. The summed E-state index contributed by atoms with van der Waals surface area (Å²) in [5.41, 5.74) is -0.554. The normalized spacial score (nSPS) is 11.0. The molecule has 0 radical (unpaired) electrons. The van der Waals surface area contributed by atoms with Crippen LogP contribution in [0, 0.1) is 0 Å². The molecule has 0 spiro atoms. The van der Waals surface area contributed by atoms with E-state index in [9.17, 15) is 13.2 Å². The Kier molecular flexibility index (Phi) is 3.41. The average Bonchev–Trinajstić information content (AvgIpc) is 2.03. The fourth-order valence-electron chi connectivity index (χ4n) is 0.913. The van der Waals surface area contributed by atoms with Crippen molar-refractivity contribution in [3.8, 4) is 0 Å². The molecule has 0 bridgehead atoms. The molecule has 0 heterocycles. The van der Waals surface area contributed by atoms with Crippen molar-refractivity contribution in [2.45, 2.75) is 6.18 Å². The molecule has 0 aliphatic rings. The van der Waals surface area contributed by atoms with E-state index in [4.69, 9.17) is 8.25 Å². The molecule has 0 saturated heterocycles. The van der Waals surface area contributed by atoms with Crippen LogP contribution in [0.2, 0.25) is 0 Å². The van der Waals surface area contributed by atoms with E-state index in [0.717, 1.165) is 6.07 Å². The van der Waals surface area contributed by atoms with E-state index in [1.165, 1.54) is 12.1 Å². The fourth-order valence-corrected chi connectivity index (χ4v) is 5.63. The Morgan fingerprint density at radius 1 is 1.17 bits per heavy atom. The van der Waals surface area contributed by atoms with Gasteiger partial charge in [-0.2, -0.15) is 0 Å². The topological polar surface area (TPSA) is 0 Å². The van der Waals surface area contributed by atoms with E-state index in [1.807, 2.05) is 0 Å². The third kappa shape index (κ3) is 2.36. The van der Waals surface area contributed by atoms with Crippen LogP contribution in [-0.2, 0) is 29.5 Å². The Balaban J connectivity index is 3.14. The number of halogens is 4. The van der Waals surface area contributed by atoms with Crippen molar-refractivity contribution < 1.29 is 36.5 Å². The molecule has 1 aromatic rings. The Bertz CT molecular complexity index is 272. The maximum atomic E-state index is 12.2. The van der Waals surface area contributed by atoms with Crippen molar-refractivity contribution in [1.82, 2.24) is 0 Å². The van der Waals surface area contributed by atoms with Crippen LogP contribution in [-0.4, -0.2) is 0 Å². The average molecular weight is 381 g/mol. The minimum atomic E-state index is -4.24. The molecule has 5 heteroatoms. The van der Waals surface area contributed by atoms with Crippen LogP contribution in [0.15, 0.2) is 24.3 Å². The molecule has 0 nitrogen and oxygen atoms in total. The Labute approximate surface area is 83.6 Å². The zero-order chi connectivity index (χ0) is 9.19. The van der Waals surface area contributed by atoms with Crippen LogP contribution in [0.25, 0.3) is 0 Å². The van der Waals surface area contributed by atoms with Gasteiger partial charge >= 0.3 is 83.8 Å². The van der Waals surface area contributed by atoms with Gasteiger partial charge < -0.3 is 0 Å². The third-order valence-corrected chi connectivity index (χ3v) is 7.51. The zero-order valence-corrected chi connectivity index (χ0v) is 12.3. The van der Waals surface area contributed by atoms with E-state index < -0.39 is 35.1 Å². The Hall–Kier alpha value is 0.235. The number of alkyl halides is 3. The molecule has 0 N–H and O–H groups in total. The standard InChI is InChI=1S/C7H4F3.ClH.Hg/c8-7(9,10)6-4-2-1-3-5-6;;/h1-4H;1H;/q;;+1/p-1. The van der Waals surface area contributed by atoms with Gasteiger partial charge in [0.05, 0.1) is 0 Å². The van der Waals surface area contributed by atoms with E-state index in [-0.39, 0.29) is 0 Å². The van der Waals surface area contributed by atoms with Gasteiger partial charge in [-0.05, 0) is 0 Å². The molecule has 0 aromatic heterocycles. The predicted octanol–water partition coefficient (Wildman–Crippen LogP) is 2.57. The van der Waals surface area contributed by atoms with Gasteiger partial charge in [0.15, 0.2) is 0 Å². The fraction of sp³-hybridized carbons (Fsp3) is 0.143. The number of hydrogen-bond acceptors (Lipinski definition) is 0. The minimum absolute atomic E-state index is 0.340. The van der Waals surface area contributed by atoms with Crippen molar-refractivity contribution in [1.29, 1.82) is 0 Å². The second-order valence-electron chi connectivity index (χ2n) is 2.29. The second-order valence-corrected chi connectivity index (χ2v) is 8.63. The van der Waals surface area contributed by atoms with Gasteiger partial charge in [0, 0.05) is 0 Å². The van der Waals surface area contributed by atoms with Gasteiger partial charge in [0.1, 0.15) is 0 Å². The van der Waals surface area contributed by atoms with Crippen LogP contribution in [0.4, 0.5) is 13.2 Å². The van der Waals surface area contributed by atoms with E-state index in [0.29, 0.717) is 3.07 Å². The Morgan fingerprint density at radius 3 is 2.17 bits per heavy atom. The number of hydrogen-bond donors (Lipinski definition) is 0. The predicted molar refractivity (Wildman–Crippen MR) is 36.9 cm³/mol. The molecule has 1 rings (SSSR count). The van der Waals surface area contributed by atoms with Crippen LogP contribution in [0.3, 0.4) is 0 Å². The molecule has 0 aliphatic carbocycles. The van der Waals surface area contributed by atoms with Crippen LogP contribution in [0.1, 0.15) is 5.56 Å². The van der Waals surface area contributed by atoms with E-state index >= 15 is 0 Å². The molecular weight excluding hydrogens is 377 g/mol. The summed E-state index contributed by atoms with van der Waals surface area (Å²) in [7, 11) is 5.56. The van der Waals surface area contributed by atoms with Crippen molar-refractivity contribution in [3.05, 3.63) is 29.8 Å². The summed E-state index contributed by atoms with van der Waals surface area (Å²) in [5, 5.41) is 0. The summed E-state index contributed by atoms with van der Waals surface area (Å²) in [6, 6.07) is 5.52. The summed E-state index contributed by atoms with van der Waals surface area (Å²) in [6.07, 6.45) is -4.24. The monoisotopic (exact) mass is 382 g/mol. The number of rotatable bonds is 1. The molecule has 0 amide bonds. The summed E-state index contributed by atoms with van der Waals surface area (Å²) in [5.74, 6) is 0. The molecule has 0 unspecified atom stereocenters. The van der Waals surface area contributed by atoms with Gasteiger partial charge in [-0.25, -0.2) is 0 Å². The molecule has 12 heavy (non-hydrogen) atoms. The van der Waals surface area contributed by atoms with Crippen molar-refractivity contribution >= 4 is 11.3 Å². The molecule has 0 saturated carbocycles. The molecule has 1 aromatic carbocycles.